The Labute approximate surface area is 162 Å². The van der Waals surface area contributed by atoms with Crippen LogP contribution in [0.2, 0.25) is 0 Å². The van der Waals surface area contributed by atoms with Crippen LogP contribution in [0.15, 0.2) is 78.9 Å². The number of benzene rings is 3. The molecule has 0 aliphatic rings. The lowest BCUT2D eigenvalue weighted by Gasteiger charge is -2.16. The van der Waals surface area contributed by atoms with Gasteiger partial charge in [-0.2, -0.15) is 0 Å². The van der Waals surface area contributed by atoms with Crippen LogP contribution in [0, 0.1) is 10.1 Å². The zero-order valence-corrected chi connectivity index (χ0v) is 15.5. The van der Waals surface area contributed by atoms with E-state index in [4.69, 9.17) is 4.74 Å². The maximum atomic E-state index is 11.6. The van der Waals surface area contributed by atoms with E-state index >= 15 is 0 Å². The minimum absolute atomic E-state index is 0.186. The molecule has 0 fully saturated rings. The normalized spacial score (nSPS) is 12.0. The quantitative estimate of drug-likeness (QED) is 0.371. The highest BCUT2D eigenvalue weighted by molar-refractivity contribution is 5.92. The van der Waals surface area contributed by atoms with Gasteiger partial charge in [0.1, 0.15) is 5.75 Å². The van der Waals surface area contributed by atoms with E-state index in [0.29, 0.717) is 0 Å². The van der Waals surface area contributed by atoms with E-state index in [1.807, 2.05) is 78.9 Å². The number of nitro groups is 1. The summed E-state index contributed by atoms with van der Waals surface area (Å²) in [7, 11) is 1.61. The molecule has 1 heterocycles. The van der Waals surface area contributed by atoms with Gasteiger partial charge in [0.2, 0.25) is 6.54 Å². The van der Waals surface area contributed by atoms with Crippen molar-refractivity contribution < 1.29 is 9.66 Å². The van der Waals surface area contributed by atoms with Gasteiger partial charge >= 0.3 is 0 Å². The second-order valence-electron chi connectivity index (χ2n) is 6.67. The molecule has 0 radical (unpaired) electrons. The molecule has 0 saturated carbocycles. The first-order valence-electron chi connectivity index (χ1n) is 9.09. The van der Waals surface area contributed by atoms with E-state index in [2.05, 4.69) is 4.98 Å². The van der Waals surface area contributed by atoms with Gasteiger partial charge in [-0.1, -0.05) is 60.7 Å². The standard InChI is InChI=1S/C23H20N2O3/c1-28-18-13-11-16(12-14-18)20(15-25(26)27)22-19-9-5-6-10-21(19)24-23(22)17-7-3-2-4-8-17/h2-14,20,24H,15H2,1H3. The average Bonchev–Trinajstić information content (AvgIpc) is 3.12. The molecule has 1 N–H and O–H groups in total. The Morgan fingerprint density at radius 2 is 1.64 bits per heavy atom. The van der Waals surface area contributed by atoms with Gasteiger partial charge < -0.3 is 9.72 Å². The van der Waals surface area contributed by atoms with Crippen LogP contribution in [-0.2, 0) is 0 Å². The molecule has 5 nitrogen and oxygen atoms in total. The van der Waals surface area contributed by atoms with Crippen LogP contribution >= 0.6 is 0 Å². The summed E-state index contributed by atoms with van der Waals surface area (Å²) in [6.07, 6.45) is 0. The maximum Gasteiger partial charge on any atom is 0.214 e. The molecule has 4 aromatic rings. The van der Waals surface area contributed by atoms with Crippen LogP contribution < -0.4 is 4.74 Å². The molecular formula is C23H20N2O3. The Kier molecular flexibility index (Phi) is 4.81. The second kappa shape index (κ2) is 7.56. The fourth-order valence-corrected chi connectivity index (χ4v) is 3.71. The average molecular weight is 372 g/mol. The predicted molar refractivity (Wildman–Crippen MR) is 110 cm³/mol. The van der Waals surface area contributed by atoms with Crippen molar-refractivity contribution in [1.82, 2.24) is 4.98 Å². The molecule has 28 heavy (non-hydrogen) atoms. The second-order valence-corrected chi connectivity index (χ2v) is 6.67. The third-order valence-corrected chi connectivity index (χ3v) is 5.01. The summed E-state index contributed by atoms with van der Waals surface area (Å²) in [5.41, 5.74) is 4.74. The highest BCUT2D eigenvalue weighted by Gasteiger charge is 2.27. The highest BCUT2D eigenvalue weighted by atomic mass is 16.6. The summed E-state index contributed by atoms with van der Waals surface area (Å²) in [6, 6.07) is 25.4. The van der Waals surface area contributed by atoms with Crippen LogP contribution in [0.1, 0.15) is 17.0 Å². The zero-order valence-electron chi connectivity index (χ0n) is 15.5. The van der Waals surface area contributed by atoms with Gasteiger partial charge in [0.05, 0.1) is 18.7 Å². The van der Waals surface area contributed by atoms with Gasteiger partial charge in [-0.05, 0) is 34.9 Å². The topological polar surface area (TPSA) is 68.2 Å². The van der Waals surface area contributed by atoms with Gasteiger partial charge in [-0.25, -0.2) is 0 Å². The predicted octanol–water partition coefficient (Wildman–Crippen LogP) is 5.25. The van der Waals surface area contributed by atoms with Crippen molar-refractivity contribution in [2.24, 2.45) is 0 Å². The minimum atomic E-state index is -0.382. The fourth-order valence-electron chi connectivity index (χ4n) is 3.71. The van der Waals surface area contributed by atoms with Gasteiger partial charge in [-0.15, -0.1) is 0 Å². The lowest BCUT2D eigenvalue weighted by atomic mass is 9.87. The monoisotopic (exact) mass is 372 g/mol. The van der Waals surface area contributed by atoms with Crippen molar-refractivity contribution in [2.45, 2.75) is 5.92 Å². The molecule has 1 unspecified atom stereocenters. The summed E-state index contributed by atoms with van der Waals surface area (Å²) in [4.78, 5) is 14.8. The number of hydrogen-bond donors (Lipinski definition) is 1. The van der Waals surface area contributed by atoms with Crippen LogP contribution in [0.5, 0.6) is 5.75 Å². The van der Waals surface area contributed by atoms with Gasteiger partial charge in [0.25, 0.3) is 0 Å². The first-order valence-corrected chi connectivity index (χ1v) is 9.09. The lowest BCUT2D eigenvalue weighted by Crippen LogP contribution is -2.14. The molecule has 0 spiro atoms. The molecule has 0 aliphatic heterocycles. The number of para-hydroxylation sites is 1. The fraction of sp³-hybridized carbons (Fsp3) is 0.130. The third kappa shape index (κ3) is 3.34. The number of nitrogens with zero attached hydrogens (tertiary/aromatic N) is 1. The first kappa shape index (κ1) is 17.8. The molecule has 0 saturated heterocycles. The SMILES string of the molecule is COc1ccc(C(C[N+](=O)[O-])c2c(-c3ccccc3)[nH]c3ccccc23)cc1. The lowest BCUT2D eigenvalue weighted by molar-refractivity contribution is -0.481. The number of nitrogens with one attached hydrogen (secondary N) is 1. The number of fused-ring (bicyclic) bond motifs is 1. The summed E-state index contributed by atoms with van der Waals surface area (Å²) < 4.78 is 5.24. The molecule has 0 bridgehead atoms. The van der Waals surface area contributed by atoms with Crippen LogP contribution in [0.4, 0.5) is 0 Å². The smallest absolute Gasteiger partial charge is 0.214 e. The number of hydrogen-bond acceptors (Lipinski definition) is 3. The van der Waals surface area contributed by atoms with Crippen molar-refractivity contribution in [2.75, 3.05) is 13.7 Å². The Morgan fingerprint density at radius 3 is 2.32 bits per heavy atom. The Balaban J connectivity index is 1.95. The largest absolute Gasteiger partial charge is 0.497 e. The maximum absolute atomic E-state index is 11.6. The molecule has 0 aliphatic carbocycles. The van der Waals surface area contributed by atoms with Crippen molar-refractivity contribution in [3.8, 4) is 17.0 Å². The number of methoxy groups -OCH3 is 1. The number of aromatic nitrogens is 1. The van der Waals surface area contributed by atoms with Gasteiger partial charge in [0, 0.05) is 15.8 Å². The van der Waals surface area contributed by atoms with Crippen molar-refractivity contribution in [1.29, 1.82) is 0 Å². The summed E-state index contributed by atoms with van der Waals surface area (Å²) in [5.74, 6) is 0.345. The first-order chi connectivity index (χ1) is 13.7. The Morgan fingerprint density at radius 1 is 0.964 bits per heavy atom. The van der Waals surface area contributed by atoms with E-state index in [-0.39, 0.29) is 17.4 Å². The van der Waals surface area contributed by atoms with Gasteiger partial charge in [0.15, 0.2) is 0 Å². The molecule has 1 aromatic heterocycles. The van der Waals surface area contributed by atoms with E-state index in [1.54, 1.807) is 7.11 Å². The molecule has 5 heteroatoms. The number of rotatable bonds is 6. The summed E-state index contributed by atoms with van der Waals surface area (Å²) in [5, 5.41) is 12.6. The number of ether oxygens (including phenoxy) is 1. The molecular weight excluding hydrogens is 352 g/mol. The molecule has 140 valence electrons. The molecule has 3 aromatic carbocycles. The van der Waals surface area contributed by atoms with E-state index < -0.39 is 0 Å². The van der Waals surface area contributed by atoms with Crippen molar-refractivity contribution in [3.63, 3.8) is 0 Å². The van der Waals surface area contributed by atoms with Crippen molar-refractivity contribution >= 4 is 10.9 Å². The van der Waals surface area contributed by atoms with E-state index in [9.17, 15) is 10.1 Å². The van der Waals surface area contributed by atoms with Crippen LogP contribution in [0.3, 0.4) is 0 Å². The van der Waals surface area contributed by atoms with E-state index in [1.165, 1.54) is 0 Å². The minimum Gasteiger partial charge on any atom is -0.497 e. The Bertz CT molecular complexity index is 1100. The van der Waals surface area contributed by atoms with E-state index in [0.717, 1.165) is 39.0 Å². The van der Waals surface area contributed by atoms with Crippen molar-refractivity contribution in [3.05, 3.63) is 100 Å². The van der Waals surface area contributed by atoms with Crippen LogP contribution in [-0.4, -0.2) is 23.6 Å². The number of H-pyrrole nitrogens is 1. The summed E-state index contributed by atoms with van der Waals surface area (Å²) >= 11 is 0. The molecule has 1 atom stereocenters. The molecule has 0 amide bonds. The number of aromatic amines is 1. The van der Waals surface area contributed by atoms with Crippen LogP contribution in [0.25, 0.3) is 22.2 Å². The third-order valence-electron chi connectivity index (χ3n) is 5.01. The summed E-state index contributed by atoms with van der Waals surface area (Å²) in [6.45, 7) is -0.186. The Hall–Kier alpha value is -3.60. The highest BCUT2D eigenvalue weighted by Crippen LogP contribution is 2.39. The van der Waals surface area contributed by atoms with Gasteiger partial charge in [-0.3, -0.25) is 10.1 Å². The molecule has 4 rings (SSSR count). The zero-order chi connectivity index (χ0) is 19.5.